The van der Waals surface area contributed by atoms with Gasteiger partial charge in [-0.3, -0.25) is 4.79 Å². The van der Waals surface area contributed by atoms with Gasteiger partial charge in [-0.25, -0.2) is 4.39 Å². The van der Waals surface area contributed by atoms with Crippen LogP contribution in [0.4, 0.5) is 16.0 Å². The first kappa shape index (κ1) is 21.6. The number of nitrogens with zero attached hydrogens (tertiary/aromatic N) is 2. The smallest absolute Gasteiger partial charge is 0.316 e. The summed E-state index contributed by atoms with van der Waals surface area (Å²) in [4.78, 5) is 16.4. The van der Waals surface area contributed by atoms with Gasteiger partial charge in [0.15, 0.2) is 0 Å². The fourth-order valence-corrected chi connectivity index (χ4v) is 3.27. The summed E-state index contributed by atoms with van der Waals surface area (Å²) in [5.41, 5.74) is 2.99. The number of ether oxygens (including phenoxy) is 2. The van der Waals surface area contributed by atoms with E-state index in [9.17, 15) is 9.18 Å². The normalized spacial score (nSPS) is 10.7. The zero-order chi connectivity index (χ0) is 21.8. The number of rotatable bonds is 7. The lowest BCUT2D eigenvalue weighted by Crippen LogP contribution is -2.19. The molecule has 2 aromatic carbocycles. The summed E-state index contributed by atoms with van der Waals surface area (Å²) in [7, 11) is 1.41. The first-order chi connectivity index (χ1) is 14.3. The number of hydrogen-bond donors (Lipinski definition) is 1. The molecule has 30 heavy (non-hydrogen) atoms. The van der Waals surface area contributed by atoms with E-state index < -0.39 is 11.4 Å². The Morgan fingerprint density at radius 3 is 2.60 bits per heavy atom. The maximum absolute atomic E-state index is 13.5. The van der Waals surface area contributed by atoms with Crippen LogP contribution in [-0.2, 0) is 6.54 Å². The monoisotopic (exact) mass is 431 g/mol. The minimum absolute atomic E-state index is 0.0266. The van der Waals surface area contributed by atoms with Gasteiger partial charge in [0.05, 0.1) is 31.5 Å². The molecular weight excluding hydrogens is 409 g/mol. The van der Waals surface area contributed by atoms with Gasteiger partial charge in [0.2, 0.25) is 11.7 Å². The highest BCUT2D eigenvalue weighted by atomic mass is 35.5. The van der Waals surface area contributed by atoms with Gasteiger partial charge in [0, 0.05) is 11.8 Å². The van der Waals surface area contributed by atoms with Crippen LogP contribution in [0, 0.1) is 19.7 Å². The maximum Gasteiger partial charge on any atom is 0.316 e. The Morgan fingerprint density at radius 1 is 1.17 bits per heavy atom. The van der Waals surface area contributed by atoms with Crippen LogP contribution in [0.15, 0.2) is 41.3 Å². The second kappa shape index (κ2) is 9.17. The minimum atomic E-state index is -0.497. The van der Waals surface area contributed by atoms with Crippen molar-refractivity contribution in [3.63, 3.8) is 0 Å². The SMILES string of the molecule is CCOc1cc(Nc2nc(=O)c(OC)cn2Cc2ccc(F)c(Cl)c2)c(C)cc1C. The Hall–Kier alpha value is -3.06. The summed E-state index contributed by atoms with van der Waals surface area (Å²) in [6.07, 6.45) is 1.56. The Kier molecular flexibility index (Phi) is 6.62. The van der Waals surface area contributed by atoms with Gasteiger partial charge in [0.25, 0.3) is 0 Å². The van der Waals surface area contributed by atoms with Crippen molar-refractivity contribution in [2.24, 2.45) is 0 Å². The van der Waals surface area contributed by atoms with Crippen LogP contribution in [0.2, 0.25) is 5.02 Å². The number of methoxy groups -OCH3 is 1. The maximum atomic E-state index is 13.5. The quantitative estimate of drug-likeness (QED) is 0.579. The fraction of sp³-hybridized carbons (Fsp3) is 0.273. The van der Waals surface area contributed by atoms with Crippen molar-refractivity contribution in [2.45, 2.75) is 27.3 Å². The van der Waals surface area contributed by atoms with Crippen molar-refractivity contribution in [2.75, 3.05) is 19.0 Å². The van der Waals surface area contributed by atoms with E-state index in [-0.39, 0.29) is 10.8 Å². The van der Waals surface area contributed by atoms with Crippen LogP contribution < -0.4 is 20.3 Å². The first-order valence-electron chi connectivity index (χ1n) is 9.42. The lowest BCUT2D eigenvalue weighted by molar-refractivity contribution is 0.338. The molecule has 0 unspecified atom stereocenters. The number of nitrogens with one attached hydrogen (secondary N) is 1. The molecule has 1 N–H and O–H groups in total. The number of benzene rings is 2. The van der Waals surface area contributed by atoms with E-state index in [1.165, 1.54) is 19.2 Å². The average molecular weight is 432 g/mol. The number of aromatic nitrogens is 2. The lowest BCUT2D eigenvalue weighted by atomic mass is 10.1. The van der Waals surface area contributed by atoms with Gasteiger partial charge < -0.3 is 19.4 Å². The molecule has 0 bridgehead atoms. The van der Waals surface area contributed by atoms with E-state index in [2.05, 4.69) is 10.3 Å². The Balaban J connectivity index is 2.03. The largest absolute Gasteiger partial charge is 0.494 e. The lowest BCUT2D eigenvalue weighted by Gasteiger charge is -2.18. The van der Waals surface area contributed by atoms with Crippen LogP contribution in [0.3, 0.4) is 0 Å². The van der Waals surface area contributed by atoms with E-state index >= 15 is 0 Å². The third kappa shape index (κ3) is 4.74. The highest BCUT2D eigenvalue weighted by Gasteiger charge is 2.13. The number of halogens is 2. The molecule has 0 saturated carbocycles. The van der Waals surface area contributed by atoms with Gasteiger partial charge in [0.1, 0.15) is 11.6 Å². The van der Waals surface area contributed by atoms with Crippen LogP contribution in [0.5, 0.6) is 11.5 Å². The highest BCUT2D eigenvalue weighted by Crippen LogP contribution is 2.29. The average Bonchev–Trinajstić information content (AvgIpc) is 2.70. The van der Waals surface area contributed by atoms with Crippen LogP contribution in [0.1, 0.15) is 23.6 Å². The molecule has 6 nitrogen and oxygen atoms in total. The van der Waals surface area contributed by atoms with Crippen LogP contribution >= 0.6 is 11.6 Å². The standard InChI is InChI=1S/C22H23ClFN3O3/c1-5-30-19-10-18(13(2)8-14(19)3)25-22-26-21(28)20(29-4)12-27(22)11-15-6-7-17(24)16(23)9-15/h6-10,12H,5,11H2,1-4H3,(H,25,26,28). The fourth-order valence-electron chi connectivity index (χ4n) is 3.07. The van der Waals surface area contributed by atoms with Gasteiger partial charge in [-0.1, -0.05) is 23.7 Å². The van der Waals surface area contributed by atoms with Gasteiger partial charge >= 0.3 is 5.56 Å². The predicted molar refractivity (Wildman–Crippen MR) is 116 cm³/mol. The molecule has 3 rings (SSSR count). The molecule has 1 heterocycles. The summed E-state index contributed by atoms with van der Waals surface area (Å²) in [5.74, 6) is 0.673. The summed E-state index contributed by atoms with van der Waals surface area (Å²) in [6.45, 7) is 6.69. The second-order valence-electron chi connectivity index (χ2n) is 6.81. The molecular formula is C22H23ClFN3O3. The second-order valence-corrected chi connectivity index (χ2v) is 7.21. The number of hydrogen-bond acceptors (Lipinski definition) is 5. The predicted octanol–water partition coefficient (Wildman–Crippen LogP) is 4.85. The molecule has 0 atom stereocenters. The number of anilines is 2. The summed E-state index contributed by atoms with van der Waals surface area (Å²) < 4.78 is 26.0. The number of aryl methyl sites for hydroxylation is 2. The van der Waals surface area contributed by atoms with Crippen LogP contribution in [0.25, 0.3) is 0 Å². The molecule has 0 saturated heterocycles. The van der Waals surface area contributed by atoms with Crippen molar-refractivity contribution in [1.29, 1.82) is 0 Å². The molecule has 0 spiro atoms. The molecule has 0 aliphatic heterocycles. The Morgan fingerprint density at radius 2 is 1.93 bits per heavy atom. The van der Waals surface area contributed by atoms with Crippen molar-refractivity contribution in [1.82, 2.24) is 9.55 Å². The van der Waals surface area contributed by atoms with Gasteiger partial charge in [-0.05, 0) is 49.6 Å². The molecule has 0 aliphatic rings. The molecule has 0 amide bonds. The van der Waals surface area contributed by atoms with E-state index in [1.54, 1.807) is 16.8 Å². The molecule has 1 aromatic heterocycles. The van der Waals surface area contributed by atoms with Crippen molar-refractivity contribution in [3.05, 3.63) is 74.4 Å². The van der Waals surface area contributed by atoms with E-state index in [0.717, 1.165) is 28.1 Å². The molecule has 158 valence electrons. The van der Waals surface area contributed by atoms with Crippen molar-refractivity contribution < 1.29 is 13.9 Å². The zero-order valence-corrected chi connectivity index (χ0v) is 18.0. The Labute approximate surface area is 179 Å². The van der Waals surface area contributed by atoms with E-state index in [0.29, 0.717) is 19.1 Å². The Bertz CT molecular complexity index is 1130. The highest BCUT2D eigenvalue weighted by molar-refractivity contribution is 6.30. The minimum Gasteiger partial charge on any atom is -0.494 e. The van der Waals surface area contributed by atoms with Crippen molar-refractivity contribution >= 4 is 23.2 Å². The molecule has 3 aromatic rings. The van der Waals surface area contributed by atoms with E-state index in [1.807, 2.05) is 32.9 Å². The van der Waals surface area contributed by atoms with Gasteiger partial charge in [-0.2, -0.15) is 4.98 Å². The van der Waals surface area contributed by atoms with E-state index in [4.69, 9.17) is 21.1 Å². The molecule has 0 aliphatic carbocycles. The molecule has 0 fully saturated rings. The third-order valence-electron chi connectivity index (χ3n) is 4.59. The first-order valence-corrected chi connectivity index (χ1v) is 9.80. The zero-order valence-electron chi connectivity index (χ0n) is 17.3. The topological polar surface area (TPSA) is 65.4 Å². The summed E-state index contributed by atoms with van der Waals surface area (Å²) in [6, 6.07) is 8.34. The molecule has 0 radical (unpaired) electrons. The van der Waals surface area contributed by atoms with Gasteiger partial charge in [-0.15, -0.1) is 0 Å². The van der Waals surface area contributed by atoms with Crippen LogP contribution in [-0.4, -0.2) is 23.3 Å². The van der Waals surface area contributed by atoms with Crippen molar-refractivity contribution in [3.8, 4) is 11.5 Å². The third-order valence-corrected chi connectivity index (χ3v) is 4.88. The summed E-state index contributed by atoms with van der Waals surface area (Å²) in [5, 5.41) is 3.24. The summed E-state index contributed by atoms with van der Waals surface area (Å²) >= 11 is 5.91. The molecule has 8 heteroatoms.